The van der Waals surface area contributed by atoms with Crippen LogP contribution in [0.1, 0.15) is 0 Å². The molecule has 43 heavy (non-hydrogen) atoms. The smallest absolute Gasteiger partial charge is 0.138 e. The second-order valence-electron chi connectivity index (χ2n) is 11.9. The van der Waals surface area contributed by atoms with Crippen molar-refractivity contribution in [3.05, 3.63) is 103 Å². The van der Waals surface area contributed by atoms with E-state index in [1.54, 1.807) is 0 Å². The van der Waals surface area contributed by atoms with Gasteiger partial charge in [0.2, 0.25) is 0 Å². The fraction of sp³-hybridized carbons (Fsp3) is 0.270. The molecule has 5 aromatic rings. The van der Waals surface area contributed by atoms with Gasteiger partial charge in [0.25, 0.3) is 0 Å². The van der Waals surface area contributed by atoms with Crippen LogP contribution >= 0.6 is 0 Å². The van der Waals surface area contributed by atoms with E-state index in [9.17, 15) is 0 Å². The van der Waals surface area contributed by atoms with Gasteiger partial charge >= 0.3 is 0 Å². The summed E-state index contributed by atoms with van der Waals surface area (Å²) >= 11 is 0. The van der Waals surface area contributed by atoms with E-state index in [4.69, 9.17) is 4.98 Å². The number of anilines is 2. The number of hydrogen-bond acceptors (Lipinski definition) is 5. The van der Waals surface area contributed by atoms with Crippen molar-refractivity contribution in [3.8, 4) is 45.0 Å². The monoisotopic (exact) mass is 568 g/mol. The van der Waals surface area contributed by atoms with Crippen LogP contribution in [0.2, 0.25) is 0 Å². The average molecular weight is 569 g/mol. The van der Waals surface area contributed by atoms with Gasteiger partial charge in [-0.25, -0.2) is 4.98 Å². The molecule has 0 saturated carbocycles. The lowest BCUT2D eigenvalue weighted by Gasteiger charge is -2.34. The number of aromatic amines is 1. The Morgan fingerprint density at radius 3 is 1.44 bits per heavy atom. The van der Waals surface area contributed by atoms with Crippen molar-refractivity contribution in [1.29, 1.82) is 0 Å². The second-order valence-corrected chi connectivity index (χ2v) is 11.9. The van der Waals surface area contributed by atoms with Crippen molar-refractivity contribution in [3.63, 3.8) is 0 Å². The maximum Gasteiger partial charge on any atom is 0.138 e. The number of benzene rings is 4. The van der Waals surface area contributed by atoms with Crippen LogP contribution in [0.25, 0.3) is 45.0 Å². The SMILES string of the molecule is CN1CCN(c2ccc(-c3nc(-c4ccc(-c5ccccc5)cc4)[nH]c3-c3ccc(N4CCN(C)CC4)cc3)cc2)CC1. The van der Waals surface area contributed by atoms with E-state index in [1.807, 2.05) is 0 Å². The number of piperazine rings is 2. The lowest BCUT2D eigenvalue weighted by atomic mass is 10.0. The van der Waals surface area contributed by atoms with Crippen molar-refractivity contribution < 1.29 is 0 Å². The van der Waals surface area contributed by atoms with Crippen molar-refractivity contribution in [2.24, 2.45) is 0 Å². The lowest BCUT2D eigenvalue weighted by molar-refractivity contribution is 0.313. The van der Waals surface area contributed by atoms with Gasteiger partial charge in [0, 0.05) is 80.4 Å². The average Bonchev–Trinajstić information content (AvgIpc) is 3.52. The molecule has 4 aromatic carbocycles. The van der Waals surface area contributed by atoms with Crippen LogP contribution < -0.4 is 9.80 Å². The summed E-state index contributed by atoms with van der Waals surface area (Å²) in [5.41, 5.74) is 10.4. The van der Waals surface area contributed by atoms with Crippen molar-refractivity contribution in [2.45, 2.75) is 0 Å². The fourth-order valence-electron chi connectivity index (χ4n) is 6.18. The molecule has 218 valence electrons. The zero-order valence-corrected chi connectivity index (χ0v) is 25.2. The van der Waals surface area contributed by atoms with E-state index >= 15 is 0 Å². The largest absolute Gasteiger partial charge is 0.369 e. The van der Waals surface area contributed by atoms with Crippen LogP contribution in [0.3, 0.4) is 0 Å². The van der Waals surface area contributed by atoms with E-state index in [1.165, 1.54) is 22.5 Å². The Morgan fingerprint density at radius 1 is 0.465 bits per heavy atom. The summed E-state index contributed by atoms with van der Waals surface area (Å²) in [4.78, 5) is 18.7. The molecule has 0 atom stereocenters. The second kappa shape index (κ2) is 12.1. The van der Waals surface area contributed by atoms with E-state index < -0.39 is 0 Å². The molecule has 3 heterocycles. The minimum absolute atomic E-state index is 0.885. The van der Waals surface area contributed by atoms with Crippen LogP contribution in [0.4, 0.5) is 11.4 Å². The molecule has 0 unspecified atom stereocenters. The van der Waals surface area contributed by atoms with Crippen molar-refractivity contribution >= 4 is 11.4 Å². The lowest BCUT2D eigenvalue weighted by Crippen LogP contribution is -2.44. The highest BCUT2D eigenvalue weighted by atomic mass is 15.3. The topological polar surface area (TPSA) is 41.6 Å². The predicted molar refractivity (Wildman–Crippen MR) is 180 cm³/mol. The van der Waals surface area contributed by atoms with Gasteiger partial charge in [0.05, 0.1) is 11.4 Å². The Kier molecular flexibility index (Phi) is 7.71. The summed E-state index contributed by atoms with van der Waals surface area (Å²) in [6, 6.07) is 37.2. The third-order valence-electron chi connectivity index (χ3n) is 9.00. The zero-order chi connectivity index (χ0) is 29.2. The molecule has 1 N–H and O–H groups in total. The first kappa shape index (κ1) is 27.4. The molecule has 2 aliphatic heterocycles. The number of nitrogens with one attached hydrogen (secondary N) is 1. The molecule has 6 nitrogen and oxygen atoms in total. The number of aromatic nitrogens is 2. The minimum atomic E-state index is 0.885. The molecular formula is C37H40N6. The van der Waals surface area contributed by atoms with Gasteiger partial charge in [-0.3, -0.25) is 0 Å². The normalized spacial score (nSPS) is 16.5. The number of nitrogens with zero attached hydrogens (tertiary/aromatic N) is 5. The molecule has 2 saturated heterocycles. The first-order chi connectivity index (χ1) is 21.1. The van der Waals surface area contributed by atoms with Crippen LogP contribution in [-0.4, -0.2) is 86.2 Å². The molecule has 2 aliphatic rings. The van der Waals surface area contributed by atoms with Crippen LogP contribution in [0.15, 0.2) is 103 Å². The summed E-state index contributed by atoms with van der Waals surface area (Å²) in [7, 11) is 4.40. The van der Waals surface area contributed by atoms with Gasteiger partial charge in [-0.05, 0) is 49.5 Å². The summed E-state index contributed by atoms with van der Waals surface area (Å²) < 4.78 is 0. The number of rotatable bonds is 6. The van der Waals surface area contributed by atoms with Gasteiger partial charge in [-0.2, -0.15) is 0 Å². The number of imidazole rings is 1. The predicted octanol–water partition coefficient (Wildman–Crippen LogP) is 6.58. The number of H-pyrrole nitrogens is 1. The maximum atomic E-state index is 5.21. The first-order valence-electron chi connectivity index (χ1n) is 15.4. The van der Waals surface area contributed by atoms with Crippen LogP contribution in [0, 0.1) is 0 Å². The highest BCUT2D eigenvalue weighted by Crippen LogP contribution is 2.35. The highest BCUT2D eigenvalue weighted by molar-refractivity contribution is 5.83. The maximum absolute atomic E-state index is 5.21. The first-order valence-corrected chi connectivity index (χ1v) is 15.4. The Morgan fingerprint density at radius 2 is 0.907 bits per heavy atom. The van der Waals surface area contributed by atoms with E-state index in [2.05, 4.69) is 142 Å². The minimum Gasteiger partial charge on any atom is -0.369 e. The highest BCUT2D eigenvalue weighted by Gasteiger charge is 2.19. The third-order valence-corrected chi connectivity index (χ3v) is 9.00. The number of likely N-dealkylation sites (N-methyl/N-ethyl adjacent to an activating group) is 2. The summed E-state index contributed by atoms with van der Waals surface area (Å²) in [5.74, 6) is 0.885. The van der Waals surface area contributed by atoms with Gasteiger partial charge in [-0.15, -0.1) is 0 Å². The molecule has 7 rings (SSSR count). The molecule has 0 amide bonds. The Balaban J connectivity index is 1.21. The van der Waals surface area contributed by atoms with E-state index in [0.29, 0.717) is 0 Å². The quantitative estimate of drug-likeness (QED) is 0.251. The molecule has 0 radical (unpaired) electrons. The van der Waals surface area contributed by atoms with E-state index in [-0.39, 0.29) is 0 Å². The standard InChI is InChI=1S/C37H40N6/c1-40-20-24-42(25-21-40)33-16-12-30(13-17-33)35-36(31-14-18-34(19-15-31)43-26-22-41(2)23-27-43)39-37(38-35)32-10-8-29(9-11-32)28-6-4-3-5-7-28/h3-19H,20-27H2,1-2H3,(H,38,39). The summed E-state index contributed by atoms with van der Waals surface area (Å²) in [6.07, 6.45) is 0. The molecule has 1 aromatic heterocycles. The zero-order valence-electron chi connectivity index (χ0n) is 25.2. The Hall–Kier alpha value is -4.39. The Bertz CT molecular complexity index is 1540. The van der Waals surface area contributed by atoms with Crippen LogP contribution in [-0.2, 0) is 0 Å². The van der Waals surface area contributed by atoms with Gasteiger partial charge < -0.3 is 24.6 Å². The molecule has 0 aliphatic carbocycles. The van der Waals surface area contributed by atoms with E-state index in [0.717, 1.165) is 86.3 Å². The Labute approximate surface area is 255 Å². The van der Waals surface area contributed by atoms with Gasteiger partial charge in [0.1, 0.15) is 5.82 Å². The molecule has 0 spiro atoms. The molecule has 6 heteroatoms. The number of hydrogen-bond donors (Lipinski definition) is 1. The van der Waals surface area contributed by atoms with Crippen molar-refractivity contribution in [1.82, 2.24) is 19.8 Å². The fourth-order valence-corrected chi connectivity index (χ4v) is 6.18. The third kappa shape index (κ3) is 5.94. The summed E-state index contributed by atoms with van der Waals surface area (Å²) in [5, 5.41) is 0. The van der Waals surface area contributed by atoms with Crippen molar-refractivity contribution in [2.75, 3.05) is 76.3 Å². The van der Waals surface area contributed by atoms with Gasteiger partial charge in [-0.1, -0.05) is 78.9 Å². The molecule has 0 bridgehead atoms. The molecular weight excluding hydrogens is 528 g/mol. The van der Waals surface area contributed by atoms with Crippen LogP contribution in [0.5, 0.6) is 0 Å². The summed E-state index contributed by atoms with van der Waals surface area (Å²) in [6.45, 7) is 8.65. The van der Waals surface area contributed by atoms with Gasteiger partial charge in [0.15, 0.2) is 0 Å². The molecule has 2 fully saturated rings.